The van der Waals surface area contributed by atoms with Crippen molar-refractivity contribution >= 4 is 43.9 Å². The van der Waals surface area contributed by atoms with Crippen LogP contribution in [0.15, 0.2) is 0 Å². The number of ether oxygens (including phenoxy) is 1. The summed E-state index contributed by atoms with van der Waals surface area (Å²) < 4.78 is 2.60. The van der Waals surface area contributed by atoms with Crippen LogP contribution in [-0.4, -0.2) is 48.0 Å². The highest BCUT2D eigenvalue weighted by Gasteiger charge is 2.59. The Labute approximate surface area is 102 Å². The first kappa shape index (κ1) is 15.4. The quantitative estimate of drug-likeness (QED) is 0.188. The molecule has 90 valence electrons. The van der Waals surface area contributed by atoms with Gasteiger partial charge in [0.1, 0.15) is 10.0 Å². The van der Waals surface area contributed by atoms with Gasteiger partial charge in [0.2, 0.25) is 5.60 Å². The van der Waals surface area contributed by atoms with Crippen molar-refractivity contribution in [2.24, 2.45) is 0 Å². The molecule has 0 radical (unpaired) electrons. The number of aliphatic hydroxyl groups is 4. The molecule has 4 N–H and O–H groups in total. The van der Waals surface area contributed by atoms with Crippen LogP contribution in [0.4, 0.5) is 0 Å². The molecule has 0 aromatic heterocycles. The second-order valence-electron chi connectivity index (χ2n) is 2.94. The third-order valence-corrected chi connectivity index (χ3v) is 3.01. The van der Waals surface area contributed by atoms with E-state index in [9.17, 15) is 4.79 Å². The van der Waals surface area contributed by atoms with Gasteiger partial charge < -0.3 is 25.2 Å². The second-order valence-corrected chi connectivity index (χ2v) is 6.01. The number of aliphatic hydroxyl groups excluding tert-OH is 1. The van der Waals surface area contributed by atoms with E-state index >= 15 is 0 Å². The highest BCUT2D eigenvalue weighted by Crippen LogP contribution is 2.44. The Balaban J connectivity index is 5.15. The van der Waals surface area contributed by atoms with Gasteiger partial charge in [-0.3, -0.25) is 0 Å². The standard InChI is InChI=1S/C6H12O6S3/c1-4(5(9,10)11,6(13,14)15)12-3(8)2-7/h7,9-11,13-15H,2H2,1H3. The van der Waals surface area contributed by atoms with Crippen LogP contribution in [0.25, 0.3) is 0 Å². The molecule has 0 saturated carbocycles. The molecule has 15 heavy (non-hydrogen) atoms. The second kappa shape index (κ2) is 4.70. The van der Waals surface area contributed by atoms with Crippen LogP contribution in [0.2, 0.25) is 0 Å². The number of esters is 1. The summed E-state index contributed by atoms with van der Waals surface area (Å²) in [6, 6.07) is 0. The van der Waals surface area contributed by atoms with Gasteiger partial charge in [-0.25, -0.2) is 4.79 Å². The van der Waals surface area contributed by atoms with Gasteiger partial charge in [0, 0.05) is 0 Å². The predicted octanol–water partition coefficient (Wildman–Crippen LogP) is -1.65. The molecule has 0 saturated heterocycles. The average Bonchev–Trinajstić information content (AvgIpc) is 1.99. The first-order valence-corrected chi connectivity index (χ1v) is 4.97. The lowest BCUT2D eigenvalue weighted by Gasteiger charge is -2.42. The van der Waals surface area contributed by atoms with Crippen LogP contribution in [0.1, 0.15) is 6.92 Å². The van der Waals surface area contributed by atoms with E-state index in [1.165, 1.54) is 0 Å². The fourth-order valence-electron chi connectivity index (χ4n) is 0.622. The van der Waals surface area contributed by atoms with Crippen LogP contribution in [-0.2, 0) is 9.53 Å². The summed E-state index contributed by atoms with van der Waals surface area (Å²) in [5, 5.41) is 35.5. The monoisotopic (exact) mass is 276 g/mol. The Kier molecular flexibility index (Phi) is 4.81. The average molecular weight is 276 g/mol. The summed E-state index contributed by atoms with van der Waals surface area (Å²) in [4.78, 5) is 10.8. The number of carbonyl (C=O) groups excluding carboxylic acids is 1. The molecule has 0 aromatic carbocycles. The summed E-state index contributed by atoms with van der Waals surface area (Å²) in [6.45, 7) is -0.0648. The molecule has 0 heterocycles. The van der Waals surface area contributed by atoms with Gasteiger partial charge in [-0.15, -0.1) is 37.9 Å². The zero-order valence-corrected chi connectivity index (χ0v) is 10.3. The fourth-order valence-corrected chi connectivity index (χ4v) is 1.21. The number of hydrogen-bond acceptors (Lipinski definition) is 9. The predicted molar refractivity (Wildman–Crippen MR) is 60.7 cm³/mol. The van der Waals surface area contributed by atoms with Gasteiger partial charge in [-0.05, 0) is 6.92 Å². The maximum absolute atomic E-state index is 10.8. The molecular formula is C6H12O6S3. The first-order valence-electron chi connectivity index (χ1n) is 3.62. The molecule has 0 aliphatic carbocycles. The van der Waals surface area contributed by atoms with Crippen molar-refractivity contribution in [2.45, 2.75) is 21.9 Å². The molecule has 1 atom stereocenters. The molecule has 6 nitrogen and oxygen atoms in total. The van der Waals surface area contributed by atoms with Gasteiger partial charge in [0.15, 0.2) is 0 Å². The van der Waals surface area contributed by atoms with Crippen molar-refractivity contribution in [3.05, 3.63) is 0 Å². The summed E-state index contributed by atoms with van der Waals surface area (Å²) in [6.07, 6.45) is 0. The van der Waals surface area contributed by atoms with Gasteiger partial charge >= 0.3 is 11.9 Å². The molecular weight excluding hydrogens is 264 g/mol. The third kappa shape index (κ3) is 3.41. The number of hydrogen-bond donors (Lipinski definition) is 7. The van der Waals surface area contributed by atoms with E-state index in [-0.39, 0.29) is 0 Å². The van der Waals surface area contributed by atoms with Gasteiger partial charge in [0.05, 0.1) is 0 Å². The Hall–Kier alpha value is 0.360. The van der Waals surface area contributed by atoms with Crippen molar-refractivity contribution in [3.63, 3.8) is 0 Å². The molecule has 0 rings (SSSR count). The normalized spacial score (nSPS) is 17.1. The molecule has 0 aromatic rings. The van der Waals surface area contributed by atoms with Crippen LogP contribution < -0.4 is 0 Å². The molecule has 0 spiro atoms. The fraction of sp³-hybridized carbons (Fsp3) is 0.833. The number of thiol groups is 3. The van der Waals surface area contributed by atoms with Crippen molar-refractivity contribution in [2.75, 3.05) is 6.61 Å². The molecule has 0 bridgehead atoms. The van der Waals surface area contributed by atoms with Crippen molar-refractivity contribution < 1.29 is 30.0 Å². The molecule has 9 heteroatoms. The minimum atomic E-state index is -3.41. The van der Waals surface area contributed by atoms with E-state index in [4.69, 9.17) is 20.4 Å². The minimum Gasteiger partial charge on any atom is -0.446 e. The number of carbonyl (C=O) groups is 1. The molecule has 1 unspecified atom stereocenters. The van der Waals surface area contributed by atoms with Crippen LogP contribution in [0.3, 0.4) is 0 Å². The lowest BCUT2D eigenvalue weighted by Crippen LogP contribution is -2.62. The topological polar surface area (TPSA) is 107 Å². The summed E-state index contributed by atoms with van der Waals surface area (Å²) in [5.74, 6) is -4.61. The third-order valence-electron chi connectivity index (χ3n) is 1.73. The highest BCUT2D eigenvalue weighted by atomic mass is 32.2. The van der Waals surface area contributed by atoms with Crippen molar-refractivity contribution in [1.82, 2.24) is 0 Å². The van der Waals surface area contributed by atoms with E-state index in [0.717, 1.165) is 6.92 Å². The van der Waals surface area contributed by atoms with Crippen LogP contribution >= 0.6 is 37.9 Å². The zero-order valence-electron chi connectivity index (χ0n) is 7.65. The molecule has 0 fully saturated rings. The molecule has 0 aliphatic rings. The van der Waals surface area contributed by atoms with Gasteiger partial charge in [-0.1, -0.05) is 0 Å². The minimum absolute atomic E-state index is 0.938. The van der Waals surface area contributed by atoms with Crippen molar-refractivity contribution in [3.8, 4) is 0 Å². The highest BCUT2D eigenvalue weighted by molar-refractivity contribution is 8.17. The lowest BCUT2D eigenvalue weighted by atomic mass is 10.1. The van der Waals surface area contributed by atoms with E-state index < -0.39 is 27.6 Å². The summed E-state index contributed by atoms with van der Waals surface area (Å²) in [5.41, 5.74) is -2.35. The Morgan fingerprint density at radius 2 is 1.67 bits per heavy atom. The Morgan fingerprint density at radius 3 is 1.87 bits per heavy atom. The smallest absolute Gasteiger partial charge is 0.332 e. The van der Waals surface area contributed by atoms with E-state index in [2.05, 4.69) is 42.6 Å². The largest absolute Gasteiger partial charge is 0.446 e. The van der Waals surface area contributed by atoms with E-state index in [1.807, 2.05) is 0 Å². The first-order chi connectivity index (χ1) is 6.45. The number of rotatable bonds is 4. The van der Waals surface area contributed by atoms with Crippen LogP contribution in [0.5, 0.6) is 0 Å². The lowest BCUT2D eigenvalue weighted by molar-refractivity contribution is -0.385. The van der Waals surface area contributed by atoms with E-state index in [1.54, 1.807) is 0 Å². The van der Waals surface area contributed by atoms with Gasteiger partial charge in [-0.2, -0.15) is 0 Å². The van der Waals surface area contributed by atoms with Crippen molar-refractivity contribution in [1.29, 1.82) is 0 Å². The summed E-state index contributed by atoms with van der Waals surface area (Å²) in [7, 11) is 0. The Morgan fingerprint density at radius 1 is 1.27 bits per heavy atom. The molecule has 0 aliphatic heterocycles. The van der Waals surface area contributed by atoms with E-state index in [0.29, 0.717) is 0 Å². The van der Waals surface area contributed by atoms with Crippen LogP contribution in [0, 0.1) is 0 Å². The van der Waals surface area contributed by atoms with Gasteiger partial charge in [0.25, 0.3) is 0 Å². The Bertz CT molecular complexity index is 228. The SMILES string of the molecule is CC(OC(=O)CO)(C(O)(O)O)C(S)(S)S. The maximum Gasteiger partial charge on any atom is 0.332 e. The summed E-state index contributed by atoms with van der Waals surface area (Å²) >= 11 is 11.2. The zero-order chi connectivity index (χ0) is 12.5. The maximum atomic E-state index is 10.8. The molecule has 0 amide bonds.